The van der Waals surface area contributed by atoms with Crippen LogP contribution in [0.2, 0.25) is 0 Å². The van der Waals surface area contributed by atoms with Crippen LogP contribution in [0.4, 0.5) is 0 Å². The van der Waals surface area contributed by atoms with Crippen LogP contribution in [0.1, 0.15) is 24.5 Å². The Hall–Kier alpha value is -2.03. The SMILES string of the molecule is CCOc1ccc(CN(C)C(=O)C(CCSC)NS(=O)(=O)c2ccc(C)cc2)cc1. The number of thioether (sulfide) groups is 1. The zero-order chi connectivity index (χ0) is 22.1. The van der Waals surface area contributed by atoms with E-state index in [9.17, 15) is 13.2 Å². The molecule has 0 radical (unpaired) electrons. The average molecular weight is 451 g/mol. The number of sulfonamides is 1. The highest BCUT2D eigenvalue weighted by molar-refractivity contribution is 7.98. The number of rotatable bonds is 11. The third-order valence-electron chi connectivity index (χ3n) is 4.57. The molecule has 1 atom stereocenters. The second-order valence-electron chi connectivity index (χ2n) is 7.04. The number of ether oxygens (including phenoxy) is 1. The zero-order valence-corrected chi connectivity index (χ0v) is 19.6. The standard InChI is InChI=1S/C22H30N2O4S2/c1-5-28-19-10-8-18(9-11-19)16-24(3)22(25)21(14-15-29-4)23-30(26,27)20-12-6-17(2)7-13-20/h6-13,21,23H,5,14-16H2,1-4H3. The Balaban J connectivity index is 2.12. The summed E-state index contributed by atoms with van der Waals surface area (Å²) in [4.78, 5) is 14.8. The zero-order valence-electron chi connectivity index (χ0n) is 17.9. The third-order valence-corrected chi connectivity index (χ3v) is 6.70. The summed E-state index contributed by atoms with van der Waals surface area (Å²) in [7, 11) is -2.11. The van der Waals surface area contributed by atoms with Crippen LogP contribution in [0.5, 0.6) is 5.75 Å². The summed E-state index contributed by atoms with van der Waals surface area (Å²) in [5, 5.41) is 0. The smallest absolute Gasteiger partial charge is 0.241 e. The van der Waals surface area contributed by atoms with Crippen molar-refractivity contribution < 1.29 is 17.9 Å². The molecular formula is C22H30N2O4S2. The molecule has 0 saturated heterocycles. The van der Waals surface area contributed by atoms with Crippen molar-refractivity contribution in [2.45, 2.75) is 37.8 Å². The Bertz CT molecular complexity index is 913. The van der Waals surface area contributed by atoms with Crippen molar-refractivity contribution >= 4 is 27.7 Å². The average Bonchev–Trinajstić information content (AvgIpc) is 2.72. The van der Waals surface area contributed by atoms with Crippen molar-refractivity contribution in [2.24, 2.45) is 0 Å². The molecule has 0 bridgehead atoms. The normalized spacial score (nSPS) is 12.4. The lowest BCUT2D eigenvalue weighted by Crippen LogP contribution is -2.47. The fourth-order valence-electron chi connectivity index (χ4n) is 2.92. The highest BCUT2D eigenvalue weighted by atomic mass is 32.2. The number of nitrogens with one attached hydrogen (secondary N) is 1. The van der Waals surface area contributed by atoms with Gasteiger partial charge in [-0.25, -0.2) is 8.42 Å². The van der Waals surface area contributed by atoms with Crippen LogP contribution >= 0.6 is 11.8 Å². The molecule has 2 rings (SSSR count). The maximum Gasteiger partial charge on any atom is 0.241 e. The second kappa shape index (κ2) is 11.4. The highest BCUT2D eigenvalue weighted by Gasteiger charge is 2.27. The minimum absolute atomic E-state index is 0.157. The predicted octanol–water partition coefficient (Wildman–Crippen LogP) is 3.45. The summed E-state index contributed by atoms with van der Waals surface area (Å²) in [6, 6.07) is 13.3. The topological polar surface area (TPSA) is 75.7 Å². The summed E-state index contributed by atoms with van der Waals surface area (Å²) < 4.78 is 33.6. The van der Waals surface area contributed by atoms with Gasteiger partial charge in [-0.15, -0.1) is 0 Å². The van der Waals surface area contributed by atoms with Crippen molar-refractivity contribution in [3.63, 3.8) is 0 Å². The van der Waals surface area contributed by atoms with Gasteiger partial charge in [0.1, 0.15) is 11.8 Å². The Morgan fingerprint density at radius 2 is 1.77 bits per heavy atom. The molecular weight excluding hydrogens is 420 g/mol. The molecule has 6 nitrogen and oxygen atoms in total. The number of hydrogen-bond acceptors (Lipinski definition) is 5. The van der Waals surface area contributed by atoms with Crippen LogP contribution < -0.4 is 9.46 Å². The fraction of sp³-hybridized carbons (Fsp3) is 0.409. The molecule has 0 aliphatic carbocycles. The first-order chi connectivity index (χ1) is 14.3. The van der Waals surface area contributed by atoms with Crippen LogP contribution in [0, 0.1) is 6.92 Å². The molecule has 8 heteroatoms. The van der Waals surface area contributed by atoms with E-state index in [1.165, 1.54) is 0 Å². The quantitative estimate of drug-likeness (QED) is 0.567. The third kappa shape index (κ3) is 7.04. The Labute approximate surface area is 184 Å². The van der Waals surface area contributed by atoms with E-state index >= 15 is 0 Å². The van der Waals surface area contributed by atoms with Gasteiger partial charge in [0.15, 0.2) is 0 Å². The number of carbonyl (C=O) groups is 1. The van der Waals surface area contributed by atoms with Gasteiger partial charge in [0.2, 0.25) is 15.9 Å². The van der Waals surface area contributed by atoms with Gasteiger partial charge in [-0.3, -0.25) is 4.79 Å². The largest absolute Gasteiger partial charge is 0.494 e. The van der Waals surface area contributed by atoms with Gasteiger partial charge in [0, 0.05) is 13.6 Å². The van der Waals surface area contributed by atoms with Crippen molar-refractivity contribution in [3.05, 3.63) is 59.7 Å². The van der Waals surface area contributed by atoms with Gasteiger partial charge < -0.3 is 9.64 Å². The van der Waals surface area contributed by atoms with Crippen LogP contribution in [0.15, 0.2) is 53.4 Å². The number of hydrogen-bond donors (Lipinski definition) is 1. The molecule has 0 fully saturated rings. The highest BCUT2D eigenvalue weighted by Crippen LogP contribution is 2.16. The van der Waals surface area contributed by atoms with E-state index in [0.29, 0.717) is 25.3 Å². The molecule has 0 aliphatic rings. The molecule has 0 heterocycles. The van der Waals surface area contributed by atoms with Gasteiger partial charge in [0.25, 0.3) is 0 Å². The van der Waals surface area contributed by atoms with E-state index in [1.54, 1.807) is 48.0 Å². The van der Waals surface area contributed by atoms with Crippen LogP contribution in [0.25, 0.3) is 0 Å². The molecule has 1 N–H and O–H groups in total. The summed E-state index contributed by atoms with van der Waals surface area (Å²) in [5.41, 5.74) is 1.92. The van der Waals surface area contributed by atoms with Crippen LogP contribution in [-0.4, -0.2) is 50.9 Å². The van der Waals surface area contributed by atoms with E-state index in [4.69, 9.17) is 4.74 Å². The summed E-state index contributed by atoms with van der Waals surface area (Å²) >= 11 is 1.57. The number of benzene rings is 2. The molecule has 0 saturated carbocycles. The lowest BCUT2D eigenvalue weighted by molar-refractivity contribution is -0.132. The molecule has 1 amide bonds. The molecule has 164 valence electrons. The second-order valence-corrected chi connectivity index (χ2v) is 9.74. The molecule has 0 aromatic heterocycles. The minimum atomic E-state index is -3.79. The van der Waals surface area contributed by atoms with E-state index in [-0.39, 0.29) is 10.8 Å². The van der Waals surface area contributed by atoms with E-state index in [2.05, 4.69) is 4.72 Å². The van der Waals surface area contributed by atoms with Crippen molar-refractivity contribution in [3.8, 4) is 5.75 Å². The maximum absolute atomic E-state index is 13.1. The minimum Gasteiger partial charge on any atom is -0.494 e. The first-order valence-corrected chi connectivity index (χ1v) is 12.7. The molecule has 1 unspecified atom stereocenters. The van der Waals surface area contributed by atoms with E-state index < -0.39 is 16.1 Å². The van der Waals surface area contributed by atoms with Gasteiger partial charge in [-0.1, -0.05) is 29.8 Å². The molecule has 0 aliphatic heterocycles. The van der Waals surface area contributed by atoms with Crippen molar-refractivity contribution in [1.29, 1.82) is 0 Å². The Morgan fingerprint density at radius 1 is 1.13 bits per heavy atom. The lowest BCUT2D eigenvalue weighted by atomic mass is 10.1. The van der Waals surface area contributed by atoms with Gasteiger partial charge in [-0.05, 0) is 62.1 Å². The number of aryl methyl sites for hydroxylation is 1. The van der Waals surface area contributed by atoms with Crippen LogP contribution in [0.3, 0.4) is 0 Å². The number of likely N-dealkylation sites (N-methyl/N-ethyl adjacent to an activating group) is 1. The summed E-state index contributed by atoms with van der Waals surface area (Å²) in [6.45, 7) is 4.79. The molecule has 0 spiro atoms. The van der Waals surface area contributed by atoms with Gasteiger partial charge >= 0.3 is 0 Å². The van der Waals surface area contributed by atoms with Crippen LogP contribution in [-0.2, 0) is 21.4 Å². The van der Waals surface area contributed by atoms with E-state index in [0.717, 1.165) is 16.9 Å². The van der Waals surface area contributed by atoms with Gasteiger partial charge in [-0.2, -0.15) is 16.5 Å². The number of nitrogens with zero attached hydrogens (tertiary/aromatic N) is 1. The van der Waals surface area contributed by atoms with Crippen molar-refractivity contribution in [2.75, 3.05) is 25.7 Å². The monoisotopic (exact) mass is 450 g/mol. The predicted molar refractivity (Wildman–Crippen MR) is 122 cm³/mol. The molecule has 2 aromatic carbocycles. The van der Waals surface area contributed by atoms with E-state index in [1.807, 2.05) is 44.4 Å². The number of carbonyl (C=O) groups excluding carboxylic acids is 1. The Morgan fingerprint density at radius 3 is 2.33 bits per heavy atom. The lowest BCUT2D eigenvalue weighted by Gasteiger charge is -2.24. The molecule has 30 heavy (non-hydrogen) atoms. The summed E-state index contributed by atoms with van der Waals surface area (Å²) in [5.74, 6) is 1.19. The number of amides is 1. The Kier molecular flexibility index (Phi) is 9.20. The van der Waals surface area contributed by atoms with Crippen molar-refractivity contribution in [1.82, 2.24) is 9.62 Å². The first-order valence-electron chi connectivity index (χ1n) is 9.81. The first kappa shape index (κ1) is 24.2. The fourth-order valence-corrected chi connectivity index (χ4v) is 4.61. The molecule has 2 aromatic rings. The summed E-state index contributed by atoms with van der Waals surface area (Å²) in [6.07, 6.45) is 2.35. The van der Waals surface area contributed by atoms with Gasteiger partial charge in [0.05, 0.1) is 11.5 Å². The maximum atomic E-state index is 13.1.